The molecule has 2 aromatic carbocycles. The van der Waals surface area contributed by atoms with Crippen LogP contribution in [0.2, 0.25) is 0 Å². The highest BCUT2D eigenvalue weighted by Crippen LogP contribution is 2.24. The first-order valence-corrected chi connectivity index (χ1v) is 12.6. The van der Waals surface area contributed by atoms with E-state index < -0.39 is 10.0 Å². The summed E-state index contributed by atoms with van der Waals surface area (Å²) in [6.07, 6.45) is 0.716. The number of sulfonamides is 1. The standard InChI is InChI=1S/C24H29N3O6S/c1-3-33-21-8-6-20(7-9-21)26-23(29)16-25-24(30)19-12-14-27(15-13-19)34(31,32)22-10-4-18(5-11-22)17(2)28/h4-11,19H,3,12-16H2,1-2H3,(H,25,30)(H,26,29). The van der Waals surface area contributed by atoms with Crippen molar-refractivity contribution in [1.82, 2.24) is 9.62 Å². The van der Waals surface area contributed by atoms with Crippen LogP contribution in [0.4, 0.5) is 5.69 Å². The molecule has 1 aliphatic rings. The van der Waals surface area contributed by atoms with Crippen LogP contribution in [0.25, 0.3) is 0 Å². The summed E-state index contributed by atoms with van der Waals surface area (Å²) in [6, 6.07) is 12.8. The number of carbonyl (C=O) groups is 3. The second kappa shape index (κ2) is 11.3. The summed E-state index contributed by atoms with van der Waals surface area (Å²) in [4.78, 5) is 36.2. The summed E-state index contributed by atoms with van der Waals surface area (Å²) in [5, 5.41) is 5.34. The molecular weight excluding hydrogens is 458 g/mol. The lowest BCUT2D eigenvalue weighted by Gasteiger charge is -2.30. The molecule has 0 unspecified atom stereocenters. The quantitative estimate of drug-likeness (QED) is 0.524. The van der Waals surface area contributed by atoms with Crippen LogP contribution in [-0.4, -0.2) is 56.6 Å². The van der Waals surface area contributed by atoms with Gasteiger partial charge < -0.3 is 15.4 Å². The molecule has 1 saturated heterocycles. The number of anilines is 1. The van der Waals surface area contributed by atoms with Crippen LogP contribution in [-0.2, 0) is 19.6 Å². The highest BCUT2D eigenvalue weighted by Gasteiger charge is 2.32. The number of hydrogen-bond acceptors (Lipinski definition) is 6. The van der Waals surface area contributed by atoms with E-state index >= 15 is 0 Å². The molecule has 34 heavy (non-hydrogen) atoms. The Hall–Kier alpha value is -3.24. The Kier molecular flexibility index (Phi) is 8.41. The number of amides is 2. The van der Waals surface area contributed by atoms with Crippen LogP contribution in [0.5, 0.6) is 5.75 Å². The molecule has 2 amide bonds. The smallest absolute Gasteiger partial charge is 0.243 e. The van der Waals surface area contributed by atoms with Crippen molar-refractivity contribution in [2.45, 2.75) is 31.6 Å². The molecule has 0 saturated carbocycles. The van der Waals surface area contributed by atoms with Crippen molar-refractivity contribution in [3.63, 3.8) is 0 Å². The van der Waals surface area contributed by atoms with E-state index in [9.17, 15) is 22.8 Å². The minimum atomic E-state index is -3.70. The lowest BCUT2D eigenvalue weighted by Crippen LogP contribution is -2.44. The van der Waals surface area contributed by atoms with E-state index in [1.165, 1.54) is 35.5 Å². The van der Waals surface area contributed by atoms with Crippen LogP contribution in [0.1, 0.15) is 37.0 Å². The Balaban J connectivity index is 1.46. The van der Waals surface area contributed by atoms with Gasteiger partial charge in [-0.05, 0) is 63.1 Å². The van der Waals surface area contributed by atoms with Gasteiger partial charge >= 0.3 is 0 Å². The van der Waals surface area contributed by atoms with Crippen molar-refractivity contribution < 1.29 is 27.5 Å². The normalized spacial score (nSPS) is 14.9. The van der Waals surface area contributed by atoms with Gasteiger partial charge in [-0.2, -0.15) is 4.31 Å². The van der Waals surface area contributed by atoms with Gasteiger partial charge in [0, 0.05) is 30.3 Å². The number of Topliss-reactive ketones (excluding diaryl/α,β-unsaturated/α-hetero) is 1. The third-order valence-electron chi connectivity index (χ3n) is 5.60. The zero-order valence-electron chi connectivity index (χ0n) is 19.2. The molecule has 2 N–H and O–H groups in total. The van der Waals surface area contributed by atoms with E-state index in [-0.39, 0.29) is 48.0 Å². The Labute approximate surface area is 199 Å². The van der Waals surface area contributed by atoms with Crippen molar-refractivity contribution in [2.24, 2.45) is 5.92 Å². The maximum Gasteiger partial charge on any atom is 0.243 e. The molecule has 9 nitrogen and oxygen atoms in total. The molecule has 0 atom stereocenters. The molecule has 0 spiro atoms. The van der Waals surface area contributed by atoms with Gasteiger partial charge in [-0.15, -0.1) is 0 Å². The number of nitrogens with one attached hydrogen (secondary N) is 2. The van der Waals surface area contributed by atoms with E-state index in [1.807, 2.05) is 6.92 Å². The number of rotatable bonds is 9. The van der Waals surface area contributed by atoms with Gasteiger partial charge in [0.2, 0.25) is 21.8 Å². The highest BCUT2D eigenvalue weighted by molar-refractivity contribution is 7.89. The van der Waals surface area contributed by atoms with Crippen molar-refractivity contribution in [3.05, 3.63) is 54.1 Å². The maximum atomic E-state index is 12.9. The van der Waals surface area contributed by atoms with Crippen LogP contribution < -0.4 is 15.4 Å². The van der Waals surface area contributed by atoms with Gasteiger partial charge in [0.15, 0.2) is 5.78 Å². The van der Waals surface area contributed by atoms with Gasteiger partial charge in [0.1, 0.15) is 5.75 Å². The predicted octanol–water partition coefficient (Wildman–Crippen LogP) is 2.44. The average Bonchev–Trinajstić information content (AvgIpc) is 2.84. The average molecular weight is 488 g/mol. The molecular formula is C24H29N3O6S. The fourth-order valence-electron chi connectivity index (χ4n) is 3.69. The minimum absolute atomic E-state index is 0.117. The fraction of sp³-hybridized carbons (Fsp3) is 0.375. The van der Waals surface area contributed by atoms with Crippen molar-refractivity contribution >= 4 is 33.3 Å². The summed E-state index contributed by atoms with van der Waals surface area (Å²) in [6.45, 7) is 4.09. The Bertz CT molecular complexity index is 1120. The topological polar surface area (TPSA) is 122 Å². The predicted molar refractivity (Wildman–Crippen MR) is 127 cm³/mol. The molecule has 0 bridgehead atoms. The molecule has 182 valence electrons. The first kappa shape index (κ1) is 25.4. The minimum Gasteiger partial charge on any atom is -0.494 e. The van der Waals surface area contributed by atoms with E-state index in [2.05, 4.69) is 10.6 Å². The van der Waals surface area contributed by atoms with Crippen LogP contribution in [0, 0.1) is 5.92 Å². The van der Waals surface area contributed by atoms with Gasteiger partial charge in [-0.25, -0.2) is 8.42 Å². The van der Waals surface area contributed by atoms with E-state index in [1.54, 1.807) is 24.3 Å². The molecule has 2 aromatic rings. The number of nitrogens with zero attached hydrogens (tertiary/aromatic N) is 1. The van der Waals surface area contributed by atoms with Gasteiger partial charge in [-0.1, -0.05) is 12.1 Å². The Morgan fingerprint density at radius 3 is 2.18 bits per heavy atom. The first-order valence-electron chi connectivity index (χ1n) is 11.1. The highest BCUT2D eigenvalue weighted by atomic mass is 32.2. The van der Waals surface area contributed by atoms with E-state index in [0.717, 1.165) is 0 Å². The monoisotopic (exact) mass is 487 g/mol. The SMILES string of the molecule is CCOc1ccc(NC(=O)CNC(=O)C2CCN(S(=O)(=O)c3ccc(C(C)=O)cc3)CC2)cc1. The third-order valence-corrected chi connectivity index (χ3v) is 7.51. The van der Waals surface area contributed by atoms with Gasteiger partial charge in [0.25, 0.3) is 0 Å². The number of ether oxygens (including phenoxy) is 1. The van der Waals surface area contributed by atoms with Crippen molar-refractivity contribution in [3.8, 4) is 5.75 Å². The number of carbonyl (C=O) groups excluding carboxylic acids is 3. The summed E-state index contributed by atoms with van der Waals surface area (Å²) in [5.74, 6) is -0.430. The Morgan fingerprint density at radius 1 is 1.00 bits per heavy atom. The zero-order chi connectivity index (χ0) is 24.7. The fourth-order valence-corrected chi connectivity index (χ4v) is 5.16. The lowest BCUT2D eigenvalue weighted by molar-refractivity contribution is -0.128. The van der Waals surface area contributed by atoms with Gasteiger partial charge in [0.05, 0.1) is 18.0 Å². The molecule has 0 radical (unpaired) electrons. The molecule has 0 aromatic heterocycles. The molecule has 1 heterocycles. The molecule has 1 aliphatic heterocycles. The second-order valence-electron chi connectivity index (χ2n) is 7.98. The number of ketones is 1. The van der Waals surface area contributed by atoms with Crippen molar-refractivity contribution in [1.29, 1.82) is 0 Å². The largest absolute Gasteiger partial charge is 0.494 e. The molecule has 10 heteroatoms. The molecule has 3 rings (SSSR count). The van der Waals surface area contributed by atoms with Gasteiger partial charge in [-0.3, -0.25) is 14.4 Å². The van der Waals surface area contributed by atoms with E-state index in [4.69, 9.17) is 4.74 Å². The van der Waals surface area contributed by atoms with Crippen LogP contribution >= 0.6 is 0 Å². The van der Waals surface area contributed by atoms with Crippen LogP contribution in [0.15, 0.2) is 53.4 Å². The number of hydrogen-bond donors (Lipinski definition) is 2. The third kappa shape index (κ3) is 6.42. The van der Waals surface area contributed by atoms with E-state index in [0.29, 0.717) is 36.4 Å². The summed E-state index contributed by atoms with van der Waals surface area (Å²) in [5.41, 5.74) is 1.04. The summed E-state index contributed by atoms with van der Waals surface area (Å²) >= 11 is 0. The maximum absolute atomic E-state index is 12.9. The van der Waals surface area contributed by atoms with Crippen molar-refractivity contribution in [2.75, 3.05) is 31.6 Å². The first-order chi connectivity index (χ1) is 16.2. The number of piperidine rings is 1. The Morgan fingerprint density at radius 2 is 1.62 bits per heavy atom. The lowest BCUT2D eigenvalue weighted by atomic mass is 9.97. The molecule has 1 fully saturated rings. The van der Waals surface area contributed by atoms with Crippen LogP contribution in [0.3, 0.4) is 0 Å². The second-order valence-corrected chi connectivity index (χ2v) is 9.92. The summed E-state index contributed by atoms with van der Waals surface area (Å²) < 4.78 is 32.4. The number of benzene rings is 2. The summed E-state index contributed by atoms with van der Waals surface area (Å²) in [7, 11) is -3.70. The zero-order valence-corrected chi connectivity index (χ0v) is 20.1. The molecule has 0 aliphatic carbocycles.